The van der Waals surface area contributed by atoms with Crippen LogP contribution in [0.25, 0.3) is 65.3 Å². The Kier molecular flexibility index (Phi) is 4.16. The molecule has 0 amide bonds. The van der Waals surface area contributed by atoms with Crippen LogP contribution in [-0.4, -0.2) is 14.5 Å². The standard InChI is InChI=1S/C33H23N3S/c1-33(2)19-18-25-29(33)30(24-14-9-13-23-22-12-5-8-17-28(22)37-31(23)24)35-32(34-25)36-26-15-6-3-10-20(26)21-11-4-7-16-27(21)36/h3-19H,1-2H3. The lowest BCUT2D eigenvalue weighted by molar-refractivity contribution is 0.677. The topological polar surface area (TPSA) is 30.7 Å². The number of fused-ring (bicyclic) bond motifs is 7. The van der Waals surface area contributed by atoms with E-state index in [1.54, 1.807) is 0 Å². The van der Waals surface area contributed by atoms with Gasteiger partial charge in [0, 0.05) is 47.5 Å². The van der Waals surface area contributed by atoms with E-state index in [0.717, 1.165) is 22.4 Å². The number of allylic oxidation sites excluding steroid dienone is 1. The lowest BCUT2D eigenvalue weighted by Crippen LogP contribution is -2.16. The lowest BCUT2D eigenvalue weighted by atomic mass is 9.85. The number of benzene rings is 4. The maximum atomic E-state index is 5.39. The molecule has 1 aliphatic carbocycles. The summed E-state index contributed by atoms with van der Waals surface area (Å²) < 4.78 is 4.80. The van der Waals surface area contributed by atoms with Gasteiger partial charge in [-0.2, -0.15) is 0 Å². The van der Waals surface area contributed by atoms with Gasteiger partial charge < -0.3 is 0 Å². The van der Waals surface area contributed by atoms with Crippen molar-refractivity contribution in [3.05, 3.63) is 108 Å². The first-order chi connectivity index (χ1) is 18.1. The van der Waals surface area contributed by atoms with Crippen molar-refractivity contribution in [1.82, 2.24) is 14.5 Å². The Balaban J connectivity index is 1.50. The van der Waals surface area contributed by atoms with Crippen molar-refractivity contribution in [2.24, 2.45) is 0 Å². The van der Waals surface area contributed by atoms with E-state index in [1.807, 2.05) is 11.3 Å². The summed E-state index contributed by atoms with van der Waals surface area (Å²) in [6.45, 7) is 4.51. The smallest absolute Gasteiger partial charge is 0.235 e. The number of para-hydroxylation sites is 2. The minimum Gasteiger partial charge on any atom is -0.278 e. The summed E-state index contributed by atoms with van der Waals surface area (Å²) in [4.78, 5) is 10.6. The zero-order chi connectivity index (χ0) is 24.7. The summed E-state index contributed by atoms with van der Waals surface area (Å²) in [6.07, 6.45) is 4.43. The van der Waals surface area contributed by atoms with Gasteiger partial charge in [-0.05, 0) is 24.3 Å². The molecule has 0 bridgehead atoms. The van der Waals surface area contributed by atoms with Crippen molar-refractivity contribution >= 4 is 59.4 Å². The Morgan fingerprint density at radius 3 is 2.08 bits per heavy atom. The maximum Gasteiger partial charge on any atom is 0.235 e. The highest BCUT2D eigenvalue weighted by atomic mass is 32.1. The fourth-order valence-corrected chi connectivity index (χ4v) is 7.18. The quantitative estimate of drug-likeness (QED) is 0.241. The molecule has 8 rings (SSSR count). The first kappa shape index (κ1) is 20.9. The van der Waals surface area contributed by atoms with Crippen molar-refractivity contribution < 1.29 is 0 Å². The van der Waals surface area contributed by atoms with Crippen LogP contribution in [0.2, 0.25) is 0 Å². The molecule has 4 heteroatoms. The molecule has 3 aromatic heterocycles. The monoisotopic (exact) mass is 493 g/mol. The summed E-state index contributed by atoms with van der Waals surface area (Å²) in [5, 5.41) is 5.01. The van der Waals surface area contributed by atoms with E-state index in [2.05, 4.69) is 122 Å². The number of nitrogens with zero attached hydrogens (tertiary/aromatic N) is 3. The highest BCUT2D eigenvalue weighted by Crippen LogP contribution is 2.45. The van der Waals surface area contributed by atoms with Crippen LogP contribution >= 0.6 is 11.3 Å². The third-order valence-corrected chi connectivity index (χ3v) is 8.89. The highest BCUT2D eigenvalue weighted by molar-refractivity contribution is 7.26. The predicted molar refractivity (Wildman–Crippen MR) is 157 cm³/mol. The van der Waals surface area contributed by atoms with Crippen molar-refractivity contribution in [3.63, 3.8) is 0 Å². The molecule has 4 aromatic carbocycles. The molecule has 0 N–H and O–H groups in total. The fourth-order valence-electron chi connectivity index (χ4n) is 5.96. The van der Waals surface area contributed by atoms with E-state index in [0.29, 0.717) is 5.95 Å². The molecule has 0 atom stereocenters. The number of hydrogen-bond acceptors (Lipinski definition) is 3. The van der Waals surface area contributed by atoms with E-state index in [-0.39, 0.29) is 5.41 Å². The second-order valence-electron chi connectivity index (χ2n) is 10.3. The summed E-state index contributed by atoms with van der Waals surface area (Å²) in [5.41, 5.74) is 6.49. The Morgan fingerprint density at radius 1 is 0.676 bits per heavy atom. The first-order valence-electron chi connectivity index (χ1n) is 12.6. The van der Waals surface area contributed by atoms with E-state index in [1.165, 1.54) is 42.1 Å². The molecule has 3 nitrogen and oxygen atoms in total. The van der Waals surface area contributed by atoms with Crippen LogP contribution < -0.4 is 0 Å². The molecule has 3 heterocycles. The molecule has 0 radical (unpaired) electrons. The molecule has 0 spiro atoms. The fraction of sp³-hybridized carbons (Fsp3) is 0.0909. The molecule has 0 saturated carbocycles. The van der Waals surface area contributed by atoms with Crippen LogP contribution in [0.5, 0.6) is 0 Å². The Hall–Kier alpha value is -4.28. The van der Waals surface area contributed by atoms with E-state index >= 15 is 0 Å². The van der Waals surface area contributed by atoms with Gasteiger partial charge in [-0.3, -0.25) is 4.57 Å². The van der Waals surface area contributed by atoms with Crippen LogP contribution in [-0.2, 0) is 5.41 Å². The van der Waals surface area contributed by atoms with Gasteiger partial charge in [-0.15, -0.1) is 11.3 Å². The number of rotatable bonds is 2. The molecule has 1 aliphatic rings. The average Bonchev–Trinajstić information content (AvgIpc) is 3.57. The minimum absolute atomic E-state index is 0.150. The molecule has 0 saturated heterocycles. The summed E-state index contributed by atoms with van der Waals surface area (Å²) in [5.74, 6) is 0.714. The highest BCUT2D eigenvalue weighted by Gasteiger charge is 2.32. The number of thiophene rings is 1. The molecule has 37 heavy (non-hydrogen) atoms. The van der Waals surface area contributed by atoms with Crippen LogP contribution in [0, 0.1) is 0 Å². The van der Waals surface area contributed by atoms with Crippen molar-refractivity contribution in [3.8, 4) is 17.2 Å². The number of hydrogen-bond donors (Lipinski definition) is 0. The second-order valence-corrected chi connectivity index (χ2v) is 11.4. The molecule has 0 fully saturated rings. The van der Waals surface area contributed by atoms with Crippen LogP contribution in [0.15, 0.2) is 97.1 Å². The summed E-state index contributed by atoms with van der Waals surface area (Å²) >= 11 is 1.85. The zero-order valence-corrected chi connectivity index (χ0v) is 21.4. The molecule has 0 aliphatic heterocycles. The van der Waals surface area contributed by atoms with Gasteiger partial charge in [0.15, 0.2) is 0 Å². The lowest BCUT2D eigenvalue weighted by Gasteiger charge is -2.22. The Bertz CT molecular complexity index is 2020. The summed E-state index contributed by atoms with van der Waals surface area (Å²) in [7, 11) is 0. The first-order valence-corrected chi connectivity index (χ1v) is 13.4. The van der Waals surface area contributed by atoms with Crippen molar-refractivity contribution in [2.45, 2.75) is 19.3 Å². The molecule has 7 aromatic rings. The van der Waals surface area contributed by atoms with E-state index in [4.69, 9.17) is 9.97 Å². The Morgan fingerprint density at radius 2 is 1.32 bits per heavy atom. The normalized spacial score (nSPS) is 14.3. The van der Waals surface area contributed by atoms with Gasteiger partial charge in [0.2, 0.25) is 5.95 Å². The molecule has 0 unspecified atom stereocenters. The maximum absolute atomic E-state index is 5.39. The third-order valence-electron chi connectivity index (χ3n) is 7.67. The van der Waals surface area contributed by atoms with E-state index < -0.39 is 0 Å². The predicted octanol–water partition coefficient (Wildman–Crippen LogP) is 8.91. The zero-order valence-electron chi connectivity index (χ0n) is 20.6. The van der Waals surface area contributed by atoms with Gasteiger partial charge in [0.25, 0.3) is 0 Å². The molecular formula is C33H23N3S. The Labute approximate surface area is 218 Å². The van der Waals surface area contributed by atoms with Crippen molar-refractivity contribution in [2.75, 3.05) is 0 Å². The molecule has 176 valence electrons. The van der Waals surface area contributed by atoms with Crippen molar-refractivity contribution in [1.29, 1.82) is 0 Å². The van der Waals surface area contributed by atoms with E-state index in [9.17, 15) is 0 Å². The largest absolute Gasteiger partial charge is 0.278 e. The molecular weight excluding hydrogens is 470 g/mol. The number of aromatic nitrogens is 3. The average molecular weight is 494 g/mol. The van der Waals surface area contributed by atoms with Gasteiger partial charge >= 0.3 is 0 Å². The summed E-state index contributed by atoms with van der Waals surface area (Å²) in [6, 6.07) is 32.4. The van der Waals surface area contributed by atoms with Gasteiger partial charge in [0.05, 0.1) is 22.4 Å². The van der Waals surface area contributed by atoms with Gasteiger partial charge in [-0.1, -0.05) is 92.7 Å². The van der Waals surface area contributed by atoms with Crippen LogP contribution in [0.1, 0.15) is 25.1 Å². The van der Waals surface area contributed by atoms with Gasteiger partial charge in [-0.25, -0.2) is 9.97 Å². The van der Waals surface area contributed by atoms with Gasteiger partial charge in [0.1, 0.15) is 0 Å². The second kappa shape index (κ2) is 7.37. The minimum atomic E-state index is -0.150. The third kappa shape index (κ3) is 2.87. The SMILES string of the molecule is CC1(C)C=Cc2nc(-n3c4ccccc4c4ccccc43)nc(-c3cccc4c3sc3ccccc34)c21. The van der Waals surface area contributed by atoms with Crippen LogP contribution in [0.3, 0.4) is 0 Å². The van der Waals surface area contributed by atoms with Crippen LogP contribution in [0.4, 0.5) is 0 Å².